The smallest absolute Gasteiger partial charge is 0.171 e. The Kier molecular flexibility index (Phi) is 3.53. The van der Waals surface area contributed by atoms with Gasteiger partial charge in [0.05, 0.1) is 0 Å². The highest BCUT2D eigenvalue weighted by Gasteiger charge is 2.19. The molecule has 0 aromatic carbocycles. The highest BCUT2D eigenvalue weighted by atomic mass is 32.2. The minimum absolute atomic E-state index is 0.134. The number of nitrogen functional groups attached to an aromatic ring is 1. The highest BCUT2D eigenvalue weighted by molar-refractivity contribution is 7.99. The van der Waals surface area contributed by atoms with Gasteiger partial charge in [0.15, 0.2) is 5.16 Å². The Morgan fingerprint density at radius 2 is 2.11 bits per heavy atom. The molecule has 0 aliphatic carbocycles. The predicted molar refractivity (Wildman–Crippen MR) is 71.3 cm³/mol. The molecule has 2 aromatic heterocycles. The van der Waals surface area contributed by atoms with Gasteiger partial charge in [0, 0.05) is 23.9 Å². The van der Waals surface area contributed by atoms with Crippen LogP contribution in [0, 0.1) is 0 Å². The summed E-state index contributed by atoms with van der Waals surface area (Å²) in [6.45, 7) is 6.18. The molecule has 0 bridgehead atoms. The molecule has 0 fully saturated rings. The molecule has 96 valence electrons. The van der Waals surface area contributed by atoms with Gasteiger partial charge in [0.25, 0.3) is 0 Å². The zero-order chi connectivity index (χ0) is 13.2. The molecule has 4 N–H and O–H groups in total. The number of anilines is 1. The summed E-state index contributed by atoms with van der Waals surface area (Å²) in [7, 11) is 0. The number of nitrogens with two attached hydrogens (primary N) is 1. The summed E-state index contributed by atoms with van der Waals surface area (Å²) in [5.74, 6) is 6.77. The van der Waals surface area contributed by atoms with E-state index in [4.69, 9.17) is 5.84 Å². The van der Waals surface area contributed by atoms with Crippen molar-refractivity contribution in [3.63, 3.8) is 0 Å². The lowest BCUT2D eigenvalue weighted by molar-refractivity contribution is 0.539. The predicted octanol–water partition coefficient (Wildman–Crippen LogP) is 1.93. The van der Waals surface area contributed by atoms with E-state index in [0.29, 0.717) is 5.82 Å². The Balaban J connectivity index is 2.35. The second-order valence-corrected chi connectivity index (χ2v) is 5.81. The molecule has 0 saturated carbocycles. The third-order valence-corrected chi connectivity index (χ3v) is 3.03. The van der Waals surface area contributed by atoms with E-state index in [2.05, 4.69) is 46.1 Å². The number of hydrazine groups is 1. The summed E-state index contributed by atoms with van der Waals surface area (Å²) in [5.41, 5.74) is 2.43. The van der Waals surface area contributed by atoms with E-state index in [1.54, 1.807) is 18.5 Å². The number of rotatable bonds is 3. The molecule has 0 aliphatic rings. The Hall–Kier alpha value is -1.60. The third kappa shape index (κ3) is 2.99. The quantitative estimate of drug-likeness (QED) is 0.445. The number of aromatic amines is 1. The molecule has 0 radical (unpaired) electrons. The SMILES string of the molecule is CC(C)(C)c1nc(NN)cc(Sc2ncc[nH]2)n1. The van der Waals surface area contributed by atoms with E-state index in [1.165, 1.54) is 11.8 Å². The molecule has 0 amide bonds. The van der Waals surface area contributed by atoms with Crippen LogP contribution in [0.2, 0.25) is 0 Å². The maximum absolute atomic E-state index is 5.43. The number of imidazole rings is 1. The van der Waals surface area contributed by atoms with Crippen molar-refractivity contribution in [1.82, 2.24) is 19.9 Å². The summed E-state index contributed by atoms with van der Waals surface area (Å²) in [6.07, 6.45) is 3.48. The molecule has 18 heavy (non-hydrogen) atoms. The Morgan fingerprint density at radius 3 is 2.67 bits per heavy atom. The van der Waals surface area contributed by atoms with Crippen molar-refractivity contribution < 1.29 is 0 Å². The van der Waals surface area contributed by atoms with Gasteiger partial charge < -0.3 is 10.4 Å². The van der Waals surface area contributed by atoms with Crippen LogP contribution in [0.15, 0.2) is 28.6 Å². The lowest BCUT2D eigenvalue weighted by Crippen LogP contribution is -2.19. The number of H-pyrrole nitrogens is 1. The standard InChI is InChI=1S/C11H16N6S/c1-11(2,3)9-15-7(17-12)6-8(16-9)18-10-13-4-5-14-10/h4-6H,12H2,1-3H3,(H,13,14)(H,15,16,17). The fourth-order valence-electron chi connectivity index (χ4n) is 1.29. The van der Waals surface area contributed by atoms with Crippen LogP contribution in [0.3, 0.4) is 0 Å². The van der Waals surface area contributed by atoms with Crippen molar-refractivity contribution in [2.75, 3.05) is 5.43 Å². The number of nitrogens with one attached hydrogen (secondary N) is 2. The molecule has 0 unspecified atom stereocenters. The molecule has 0 aliphatic heterocycles. The summed E-state index contributed by atoms with van der Waals surface area (Å²) in [5, 5.41) is 1.59. The molecule has 6 nitrogen and oxygen atoms in total. The minimum atomic E-state index is -0.134. The van der Waals surface area contributed by atoms with E-state index in [0.717, 1.165) is 16.0 Å². The maximum Gasteiger partial charge on any atom is 0.171 e. The third-order valence-electron chi connectivity index (χ3n) is 2.20. The van der Waals surface area contributed by atoms with Crippen molar-refractivity contribution >= 4 is 17.6 Å². The number of aromatic nitrogens is 4. The second kappa shape index (κ2) is 4.95. The molecule has 2 aromatic rings. The van der Waals surface area contributed by atoms with Gasteiger partial charge in [-0.2, -0.15) is 0 Å². The van der Waals surface area contributed by atoms with Crippen molar-refractivity contribution in [3.8, 4) is 0 Å². The molecule has 0 saturated heterocycles. The summed E-state index contributed by atoms with van der Waals surface area (Å²) in [6, 6.07) is 1.79. The van der Waals surface area contributed by atoms with Gasteiger partial charge in [-0.1, -0.05) is 20.8 Å². The Labute approximate surface area is 110 Å². The van der Waals surface area contributed by atoms with Crippen molar-refractivity contribution in [2.45, 2.75) is 36.4 Å². The first-order valence-corrected chi connectivity index (χ1v) is 6.34. The Bertz CT molecular complexity index is 517. The fraction of sp³-hybridized carbons (Fsp3) is 0.364. The van der Waals surface area contributed by atoms with E-state index < -0.39 is 0 Å². The van der Waals surface area contributed by atoms with Crippen molar-refractivity contribution in [2.24, 2.45) is 5.84 Å². The molecule has 7 heteroatoms. The van der Waals surface area contributed by atoms with E-state index in [1.807, 2.05) is 0 Å². The van der Waals surface area contributed by atoms with Crippen LogP contribution in [-0.2, 0) is 5.41 Å². The molecule has 2 heterocycles. The van der Waals surface area contributed by atoms with Crippen LogP contribution in [0.5, 0.6) is 0 Å². The average Bonchev–Trinajstić information content (AvgIpc) is 2.80. The highest BCUT2D eigenvalue weighted by Crippen LogP contribution is 2.27. The lowest BCUT2D eigenvalue weighted by atomic mass is 9.96. The van der Waals surface area contributed by atoms with Gasteiger partial charge in [0.1, 0.15) is 16.7 Å². The minimum Gasteiger partial charge on any atom is -0.339 e. The fourth-order valence-corrected chi connectivity index (χ4v) is 2.03. The van der Waals surface area contributed by atoms with Crippen LogP contribution in [0.25, 0.3) is 0 Å². The maximum atomic E-state index is 5.43. The van der Waals surface area contributed by atoms with Gasteiger partial charge >= 0.3 is 0 Å². The first-order chi connectivity index (χ1) is 8.49. The summed E-state index contributed by atoms with van der Waals surface area (Å²) < 4.78 is 0. The molecule has 0 atom stereocenters. The first-order valence-electron chi connectivity index (χ1n) is 5.52. The van der Waals surface area contributed by atoms with Gasteiger partial charge in [-0.15, -0.1) is 0 Å². The lowest BCUT2D eigenvalue weighted by Gasteiger charge is -2.17. The second-order valence-electron chi connectivity index (χ2n) is 4.81. The summed E-state index contributed by atoms with van der Waals surface area (Å²) >= 11 is 1.44. The number of hydrogen-bond donors (Lipinski definition) is 3. The van der Waals surface area contributed by atoms with Gasteiger partial charge in [-0.3, -0.25) is 0 Å². The van der Waals surface area contributed by atoms with E-state index in [-0.39, 0.29) is 5.41 Å². The average molecular weight is 264 g/mol. The van der Waals surface area contributed by atoms with Gasteiger partial charge in [-0.25, -0.2) is 20.8 Å². The number of nitrogens with zero attached hydrogens (tertiary/aromatic N) is 3. The molecule has 2 rings (SSSR count). The van der Waals surface area contributed by atoms with Crippen LogP contribution < -0.4 is 11.3 Å². The largest absolute Gasteiger partial charge is 0.339 e. The zero-order valence-electron chi connectivity index (χ0n) is 10.6. The van der Waals surface area contributed by atoms with E-state index >= 15 is 0 Å². The van der Waals surface area contributed by atoms with Crippen molar-refractivity contribution in [1.29, 1.82) is 0 Å². The van der Waals surface area contributed by atoms with Gasteiger partial charge in [0.2, 0.25) is 0 Å². The zero-order valence-corrected chi connectivity index (χ0v) is 11.4. The Morgan fingerprint density at radius 1 is 1.33 bits per heavy atom. The summed E-state index contributed by atoms with van der Waals surface area (Å²) in [4.78, 5) is 16.1. The molecular formula is C11H16N6S. The topological polar surface area (TPSA) is 92.5 Å². The molecule has 0 spiro atoms. The first kappa shape index (κ1) is 12.8. The van der Waals surface area contributed by atoms with Crippen LogP contribution in [-0.4, -0.2) is 19.9 Å². The van der Waals surface area contributed by atoms with Crippen LogP contribution >= 0.6 is 11.8 Å². The van der Waals surface area contributed by atoms with Crippen molar-refractivity contribution in [3.05, 3.63) is 24.3 Å². The van der Waals surface area contributed by atoms with Crippen LogP contribution in [0.4, 0.5) is 5.82 Å². The van der Waals surface area contributed by atoms with E-state index in [9.17, 15) is 0 Å². The van der Waals surface area contributed by atoms with Crippen LogP contribution in [0.1, 0.15) is 26.6 Å². The molecular weight excluding hydrogens is 248 g/mol. The number of hydrogen-bond acceptors (Lipinski definition) is 6. The normalized spacial score (nSPS) is 11.6. The van der Waals surface area contributed by atoms with Gasteiger partial charge in [-0.05, 0) is 11.8 Å². The monoisotopic (exact) mass is 264 g/mol.